The highest BCUT2D eigenvalue weighted by Crippen LogP contribution is 2.29. The third-order valence-corrected chi connectivity index (χ3v) is 8.04. The highest BCUT2D eigenvalue weighted by atomic mass is 32.2. The number of esters is 2. The first-order valence-electron chi connectivity index (χ1n) is 12.0. The van der Waals surface area contributed by atoms with Crippen LogP contribution in [0.3, 0.4) is 0 Å². The van der Waals surface area contributed by atoms with Crippen LogP contribution in [0.5, 0.6) is 11.5 Å². The van der Waals surface area contributed by atoms with Crippen molar-refractivity contribution >= 4 is 98.2 Å². The van der Waals surface area contributed by atoms with Gasteiger partial charge in [0.1, 0.15) is 25.7 Å². The van der Waals surface area contributed by atoms with Crippen LogP contribution < -0.4 is 20.1 Å². The first-order chi connectivity index (χ1) is 20.5. The van der Waals surface area contributed by atoms with Gasteiger partial charge in [-0.1, -0.05) is 72.2 Å². The van der Waals surface area contributed by atoms with Crippen molar-refractivity contribution in [2.75, 3.05) is 0 Å². The van der Waals surface area contributed by atoms with Crippen LogP contribution in [-0.2, 0) is 9.59 Å². The minimum Gasteiger partial charge on any atom is -0.423 e. The van der Waals surface area contributed by atoms with Gasteiger partial charge in [0.05, 0.1) is 20.3 Å². The van der Waals surface area contributed by atoms with Gasteiger partial charge in [0.25, 0.3) is 17.5 Å². The summed E-state index contributed by atoms with van der Waals surface area (Å²) in [4.78, 5) is 60.9. The summed E-state index contributed by atoms with van der Waals surface area (Å²) in [6.45, 7) is 0. The second-order valence-electron chi connectivity index (χ2n) is 8.61. The molecule has 214 valence electrons. The summed E-state index contributed by atoms with van der Waals surface area (Å²) in [5, 5.41) is 16.8. The van der Waals surface area contributed by atoms with E-state index in [2.05, 4.69) is 10.6 Å². The van der Waals surface area contributed by atoms with E-state index in [4.69, 9.17) is 33.9 Å². The van der Waals surface area contributed by atoms with Crippen molar-refractivity contribution in [2.45, 2.75) is 0 Å². The van der Waals surface area contributed by atoms with E-state index in [-0.39, 0.29) is 34.4 Å². The fourth-order valence-corrected chi connectivity index (χ4v) is 5.81. The fraction of sp³-hybridized carbons (Fsp3) is 0. The molecule has 0 radical (unpaired) electrons. The van der Waals surface area contributed by atoms with Crippen molar-refractivity contribution in [3.63, 3.8) is 0 Å². The highest BCUT2D eigenvalue weighted by Gasteiger charge is 2.26. The lowest BCUT2D eigenvalue weighted by molar-refractivity contribution is -0.385. The number of hydrogen-bond donors (Lipinski definition) is 2. The third kappa shape index (κ3) is 7.21. The maximum absolute atomic E-state index is 12.8. The fourth-order valence-electron chi connectivity index (χ4n) is 3.72. The first kappa shape index (κ1) is 29.8. The Hall–Kier alpha value is -4.70. The minimum absolute atomic E-state index is 0.109. The molecule has 43 heavy (non-hydrogen) atoms. The zero-order chi connectivity index (χ0) is 30.7. The number of amides is 2. The number of nitro benzene ring substituents is 1. The SMILES string of the molecule is O=C1NC(=S)S/C1=C\c1ccc(OC(=O)c2ccc(C(=O)Oc3ccc(/C=C4/SC(=S)NC4=O)cc3)cc2[N+](=O)[O-])cc1. The normalized spacial score (nSPS) is 16.3. The van der Waals surface area contributed by atoms with Crippen LogP contribution in [0.1, 0.15) is 31.8 Å². The lowest BCUT2D eigenvalue weighted by Gasteiger charge is -2.08. The molecular formula is C28H15N3O8S4. The molecule has 15 heteroatoms. The number of carbonyl (C=O) groups excluding carboxylic acids is 4. The van der Waals surface area contributed by atoms with Gasteiger partial charge in [0, 0.05) is 6.07 Å². The number of ether oxygens (including phenoxy) is 2. The van der Waals surface area contributed by atoms with Crippen molar-refractivity contribution in [3.8, 4) is 11.5 Å². The van der Waals surface area contributed by atoms with Gasteiger partial charge >= 0.3 is 11.9 Å². The van der Waals surface area contributed by atoms with E-state index in [9.17, 15) is 29.3 Å². The van der Waals surface area contributed by atoms with E-state index < -0.39 is 22.5 Å². The number of nitrogens with zero attached hydrogens (tertiary/aromatic N) is 1. The standard InChI is InChI=1S/C28H15N3O8S4/c32-23-21(42-27(40)29-23)11-14-1-6-17(7-2-14)38-25(34)16-5-10-19(20(13-16)31(36)37)26(35)39-18-8-3-15(4-9-18)12-22-24(33)30-28(41)43-22/h1-13H,(H,29,32,40)(H,30,33,41)/b21-11+,22-12-. The molecule has 0 aliphatic carbocycles. The summed E-state index contributed by atoms with van der Waals surface area (Å²) >= 11 is 12.2. The molecule has 0 atom stereocenters. The average molecular weight is 650 g/mol. The quantitative estimate of drug-likeness (QED) is 0.0883. The van der Waals surface area contributed by atoms with Gasteiger partial charge < -0.3 is 20.1 Å². The molecule has 2 heterocycles. The van der Waals surface area contributed by atoms with Gasteiger partial charge in [0.2, 0.25) is 0 Å². The zero-order valence-electron chi connectivity index (χ0n) is 21.4. The maximum Gasteiger partial charge on any atom is 0.350 e. The molecule has 2 N–H and O–H groups in total. The number of nitrogens with one attached hydrogen (secondary N) is 2. The Morgan fingerprint density at radius 2 is 1.21 bits per heavy atom. The molecular weight excluding hydrogens is 635 g/mol. The van der Waals surface area contributed by atoms with Crippen LogP contribution >= 0.6 is 48.0 Å². The number of nitro groups is 1. The van der Waals surface area contributed by atoms with Gasteiger partial charge in [-0.25, -0.2) is 9.59 Å². The molecule has 2 aliphatic rings. The Labute approximate surface area is 261 Å². The molecule has 0 unspecified atom stereocenters. The topological polar surface area (TPSA) is 154 Å². The summed E-state index contributed by atoms with van der Waals surface area (Å²) in [5.74, 6) is -2.23. The monoisotopic (exact) mass is 649 g/mol. The van der Waals surface area contributed by atoms with Crippen molar-refractivity contribution in [3.05, 3.63) is 109 Å². The minimum atomic E-state index is -1.01. The molecule has 2 saturated heterocycles. The molecule has 0 aromatic heterocycles. The number of carbonyl (C=O) groups is 4. The smallest absolute Gasteiger partial charge is 0.350 e. The Bertz CT molecular complexity index is 1800. The second-order valence-corrected chi connectivity index (χ2v) is 12.0. The number of rotatable bonds is 7. The first-order valence-corrected chi connectivity index (χ1v) is 14.4. The lowest BCUT2D eigenvalue weighted by Crippen LogP contribution is -2.17. The molecule has 2 amide bonds. The summed E-state index contributed by atoms with van der Waals surface area (Å²) in [6.07, 6.45) is 3.24. The number of benzene rings is 3. The van der Waals surface area contributed by atoms with Gasteiger partial charge in [-0.3, -0.25) is 19.7 Å². The van der Waals surface area contributed by atoms with Crippen LogP contribution in [-0.4, -0.2) is 37.3 Å². The summed E-state index contributed by atoms with van der Waals surface area (Å²) in [5.41, 5.74) is 0.136. The Morgan fingerprint density at radius 1 is 0.744 bits per heavy atom. The molecule has 0 saturated carbocycles. The number of hydrogen-bond acceptors (Lipinski definition) is 12. The number of thioether (sulfide) groups is 2. The van der Waals surface area contributed by atoms with Crippen LogP contribution in [0.2, 0.25) is 0 Å². The summed E-state index contributed by atoms with van der Waals surface area (Å²) in [7, 11) is 0. The molecule has 2 aliphatic heterocycles. The predicted molar refractivity (Wildman–Crippen MR) is 169 cm³/mol. The van der Waals surface area contributed by atoms with Gasteiger partial charge in [-0.05, 0) is 59.7 Å². The maximum atomic E-state index is 12.8. The van der Waals surface area contributed by atoms with Gasteiger partial charge in [-0.2, -0.15) is 0 Å². The number of thiocarbonyl (C=S) groups is 2. The molecule has 2 fully saturated rings. The van der Waals surface area contributed by atoms with Crippen LogP contribution in [0.15, 0.2) is 76.5 Å². The molecule has 3 aromatic carbocycles. The van der Waals surface area contributed by atoms with Gasteiger partial charge in [0.15, 0.2) is 0 Å². The summed E-state index contributed by atoms with van der Waals surface area (Å²) < 4.78 is 11.3. The largest absolute Gasteiger partial charge is 0.423 e. The van der Waals surface area contributed by atoms with Gasteiger partial charge in [-0.15, -0.1) is 0 Å². The zero-order valence-corrected chi connectivity index (χ0v) is 24.6. The van der Waals surface area contributed by atoms with Crippen molar-refractivity contribution in [2.24, 2.45) is 0 Å². The molecule has 3 aromatic rings. The second kappa shape index (κ2) is 12.7. The average Bonchev–Trinajstić information content (AvgIpc) is 3.47. The van der Waals surface area contributed by atoms with E-state index in [1.54, 1.807) is 36.4 Å². The van der Waals surface area contributed by atoms with Crippen LogP contribution in [0.25, 0.3) is 12.2 Å². The van der Waals surface area contributed by atoms with E-state index in [1.807, 2.05) is 0 Å². The Kier molecular flexibility index (Phi) is 8.77. The Morgan fingerprint density at radius 3 is 1.63 bits per heavy atom. The molecule has 0 bridgehead atoms. The van der Waals surface area contributed by atoms with Crippen LogP contribution in [0.4, 0.5) is 5.69 Å². The third-order valence-electron chi connectivity index (χ3n) is 5.71. The molecule has 5 rings (SSSR count). The predicted octanol–water partition coefficient (Wildman–Crippen LogP) is 5.01. The molecule has 11 nitrogen and oxygen atoms in total. The molecule has 0 spiro atoms. The van der Waals surface area contributed by atoms with E-state index in [1.165, 1.54) is 30.3 Å². The lowest BCUT2D eigenvalue weighted by atomic mass is 10.1. The highest BCUT2D eigenvalue weighted by molar-refractivity contribution is 8.27. The van der Waals surface area contributed by atoms with E-state index in [0.29, 0.717) is 29.6 Å². The van der Waals surface area contributed by atoms with Crippen LogP contribution in [0, 0.1) is 10.1 Å². The van der Waals surface area contributed by atoms with Crippen molar-refractivity contribution in [1.82, 2.24) is 10.6 Å². The summed E-state index contributed by atoms with van der Waals surface area (Å²) in [6, 6.07) is 15.6. The van der Waals surface area contributed by atoms with E-state index >= 15 is 0 Å². The van der Waals surface area contributed by atoms with Crippen molar-refractivity contribution < 1.29 is 33.6 Å². The van der Waals surface area contributed by atoms with Crippen molar-refractivity contribution in [1.29, 1.82) is 0 Å². The van der Waals surface area contributed by atoms with E-state index in [0.717, 1.165) is 35.7 Å². The Balaban J connectivity index is 1.25.